The number of guanidine groups is 1. The highest BCUT2D eigenvalue weighted by molar-refractivity contribution is 5.79. The van der Waals surface area contributed by atoms with Gasteiger partial charge in [-0.2, -0.15) is 0 Å². The molecule has 2 aromatic rings. The highest BCUT2D eigenvalue weighted by Gasteiger charge is 1.98. The van der Waals surface area contributed by atoms with Gasteiger partial charge in [0, 0.05) is 32.5 Å². The first-order valence-electron chi connectivity index (χ1n) is 7.90. The van der Waals surface area contributed by atoms with Crippen molar-refractivity contribution in [1.29, 1.82) is 0 Å². The van der Waals surface area contributed by atoms with Crippen molar-refractivity contribution in [2.45, 2.75) is 12.8 Å². The van der Waals surface area contributed by atoms with Crippen molar-refractivity contribution in [2.75, 3.05) is 26.7 Å². The van der Waals surface area contributed by atoms with Crippen molar-refractivity contribution < 1.29 is 4.74 Å². The summed E-state index contributed by atoms with van der Waals surface area (Å²) in [6.45, 7) is 2.33. The molecule has 0 saturated heterocycles. The molecular formula is C18H24N4O. The summed E-state index contributed by atoms with van der Waals surface area (Å²) < 4.78 is 5.65. The van der Waals surface area contributed by atoms with E-state index in [4.69, 9.17) is 4.74 Å². The first kappa shape index (κ1) is 16.8. The number of nitrogens with zero attached hydrogens (tertiary/aromatic N) is 2. The van der Waals surface area contributed by atoms with Crippen molar-refractivity contribution in [3.8, 4) is 5.75 Å². The zero-order valence-electron chi connectivity index (χ0n) is 13.5. The summed E-state index contributed by atoms with van der Waals surface area (Å²) in [6.07, 6.45) is 5.51. The summed E-state index contributed by atoms with van der Waals surface area (Å²) in [7, 11) is 1.78. The quantitative estimate of drug-likeness (QED) is 0.446. The molecule has 0 radical (unpaired) electrons. The molecule has 0 aliphatic rings. The minimum absolute atomic E-state index is 0.684. The van der Waals surface area contributed by atoms with Gasteiger partial charge in [0.1, 0.15) is 5.75 Å². The molecule has 1 aromatic carbocycles. The van der Waals surface area contributed by atoms with Crippen molar-refractivity contribution in [1.82, 2.24) is 15.6 Å². The molecule has 122 valence electrons. The van der Waals surface area contributed by atoms with Crippen LogP contribution in [0.2, 0.25) is 0 Å². The zero-order chi connectivity index (χ0) is 16.2. The molecule has 0 aliphatic heterocycles. The molecule has 0 aliphatic carbocycles. The van der Waals surface area contributed by atoms with Gasteiger partial charge in [0.15, 0.2) is 5.96 Å². The Morgan fingerprint density at radius 2 is 1.91 bits per heavy atom. The van der Waals surface area contributed by atoms with Crippen LogP contribution in [0, 0.1) is 0 Å². The van der Waals surface area contributed by atoms with Gasteiger partial charge >= 0.3 is 0 Å². The average Bonchev–Trinajstić information content (AvgIpc) is 2.61. The summed E-state index contributed by atoms with van der Waals surface area (Å²) in [6, 6.07) is 13.9. The summed E-state index contributed by atoms with van der Waals surface area (Å²) >= 11 is 0. The van der Waals surface area contributed by atoms with Gasteiger partial charge in [0.2, 0.25) is 0 Å². The number of aliphatic imine (C=N–C) groups is 1. The Morgan fingerprint density at radius 1 is 1.09 bits per heavy atom. The summed E-state index contributed by atoms with van der Waals surface area (Å²) in [5, 5.41) is 6.58. The second kappa shape index (κ2) is 10.2. The molecule has 0 spiro atoms. The van der Waals surface area contributed by atoms with Crippen molar-refractivity contribution in [3.63, 3.8) is 0 Å². The maximum Gasteiger partial charge on any atom is 0.190 e. The number of rotatable bonds is 8. The highest BCUT2D eigenvalue weighted by Crippen LogP contribution is 2.07. The predicted octanol–water partition coefficient (Wildman–Crippen LogP) is 2.26. The lowest BCUT2D eigenvalue weighted by Gasteiger charge is -2.12. The number of nitrogens with one attached hydrogen (secondary N) is 2. The van der Waals surface area contributed by atoms with Gasteiger partial charge in [-0.25, -0.2) is 0 Å². The molecule has 0 atom stereocenters. The molecule has 2 N–H and O–H groups in total. The van der Waals surface area contributed by atoms with Crippen LogP contribution in [0.15, 0.2) is 59.9 Å². The van der Waals surface area contributed by atoms with E-state index in [2.05, 4.69) is 26.7 Å². The summed E-state index contributed by atoms with van der Waals surface area (Å²) in [4.78, 5) is 8.32. The van der Waals surface area contributed by atoms with E-state index in [0.717, 1.165) is 37.6 Å². The molecule has 5 heteroatoms. The van der Waals surface area contributed by atoms with Crippen LogP contribution in [0.25, 0.3) is 0 Å². The maximum absolute atomic E-state index is 5.65. The van der Waals surface area contributed by atoms with Crippen LogP contribution >= 0.6 is 0 Å². The fraction of sp³-hybridized carbons (Fsp3) is 0.333. The van der Waals surface area contributed by atoms with Gasteiger partial charge < -0.3 is 15.4 Å². The fourth-order valence-electron chi connectivity index (χ4n) is 2.08. The Balaban J connectivity index is 1.56. The first-order valence-corrected chi connectivity index (χ1v) is 7.90. The van der Waals surface area contributed by atoms with Gasteiger partial charge in [-0.1, -0.05) is 24.3 Å². The van der Waals surface area contributed by atoms with Crippen LogP contribution in [-0.2, 0) is 6.42 Å². The number of hydrogen-bond donors (Lipinski definition) is 2. The van der Waals surface area contributed by atoms with Gasteiger partial charge in [-0.3, -0.25) is 9.98 Å². The van der Waals surface area contributed by atoms with Crippen LogP contribution in [0.1, 0.15) is 12.0 Å². The van der Waals surface area contributed by atoms with Crippen LogP contribution < -0.4 is 15.4 Å². The number of hydrogen-bond acceptors (Lipinski definition) is 3. The van der Waals surface area contributed by atoms with E-state index in [1.807, 2.05) is 42.6 Å². The molecule has 5 nitrogen and oxygen atoms in total. The van der Waals surface area contributed by atoms with Crippen LogP contribution in [0.5, 0.6) is 5.75 Å². The molecule has 2 rings (SSSR count). The Kier molecular flexibility index (Phi) is 7.46. The van der Waals surface area contributed by atoms with E-state index in [-0.39, 0.29) is 0 Å². The Hall–Kier alpha value is -2.56. The van der Waals surface area contributed by atoms with E-state index >= 15 is 0 Å². The molecule has 1 heterocycles. The Labute approximate surface area is 137 Å². The number of ether oxygens (including phenoxy) is 1. The molecule has 0 bridgehead atoms. The van der Waals surface area contributed by atoms with Crippen molar-refractivity contribution >= 4 is 5.96 Å². The van der Waals surface area contributed by atoms with E-state index in [0.29, 0.717) is 6.61 Å². The van der Waals surface area contributed by atoms with E-state index < -0.39 is 0 Å². The number of aromatic nitrogens is 1. The highest BCUT2D eigenvalue weighted by atomic mass is 16.5. The predicted molar refractivity (Wildman–Crippen MR) is 93.9 cm³/mol. The third kappa shape index (κ3) is 6.82. The lowest BCUT2D eigenvalue weighted by molar-refractivity contribution is 0.311. The second-order valence-corrected chi connectivity index (χ2v) is 5.05. The first-order chi connectivity index (χ1) is 11.4. The Bertz CT molecular complexity index is 572. The monoisotopic (exact) mass is 312 g/mol. The van der Waals surface area contributed by atoms with Crippen molar-refractivity contribution in [2.24, 2.45) is 4.99 Å². The average molecular weight is 312 g/mol. The van der Waals surface area contributed by atoms with E-state index in [9.17, 15) is 0 Å². The topological polar surface area (TPSA) is 58.5 Å². The Morgan fingerprint density at radius 3 is 2.65 bits per heavy atom. The normalized spacial score (nSPS) is 11.1. The van der Waals surface area contributed by atoms with E-state index in [1.165, 1.54) is 5.56 Å². The molecule has 1 aromatic heterocycles. The second-order valence-electron chi connectivity index (χ2n) is 5.05. The van der Waals surface area contributed by atoms with Crippen LogP contribution in [-0.4, -0.2) is 37.7 Å². The van der Waals surface area contributed by atoms with Crippen LogP contribution in [0.3, 0.4) is 0 Å². The van der Waals surface area contributed by atoms with Gasteiger partial charge in [0.25, 0.3) is 0 Å². The lowest BCUT2D eigenvalue weighted by Crippen LogP contribution is -2.39. The third-order valence-corrected chi connectivity index (χ3v) is 3.28. The molecule has 0 unspecified atom stereocenters. The smallest absolute Gasteiger partial charge is 0.190 e. The minimum atomic E-state index is 0.684. The largest absolute Gasteiger partial charge is 0.494 e. The van der Waals surface area contributed by atoms with Crippen LogP contribution in [0.4, 0.5) is 0 Å². The SMILES string of the molecule is CN=C(NCCCOc1ccccc1)NCCc1cccnc1. The fourth-order valence-corrected chi connectivity index (χ4v) is 2.08. The van der Waals surface area contributed by atoms with E-state index in [1.54, 1.807) is 13.2 Å². The molecule has 23 heavy (non-hydrogen) atoms. The summed E-state index contributed by atoms with van der Waals surface area (Å²) in [5.74, 6) is 1.72. The molecular weight excluding hydrogens is 288 g/mol. The van der Waals surface area contributed by atoms with Gasteiger partial charge in [-0.15, -0.1) is 0 Å². The summed E-state index contributed by atoms with van der Waals surface area (Å²) in [5.41, 5.74) is 1.21. The molecule has 0 fully saturated rings. The maximum atomic E-state index is 5.65. The third-order valence-electron chi connectivity index (χ3n) is 3.28. The molecule has 0 saturated carbocycles. The number of pyridine rings is 1. The molecule has 0 amide bonds. The van der Waals surface area contributed by atoms with Gasteiger partial charge in [0.05, 0.1) is 6.61 Å². The lowest BCUT2D eigenvalue weighted by atomic mass is 10.2. The van der Waals surface area contributed by atoms with Crippen molar-refractivity contribution in [3.05, 3.63) is 60.4 Å². The standard InChI is InChI=1S/C18H24N4O/c1-19-18(22-13-10-16-7-5-11-20-15-16)21-12-6-14-23-17-8-3-2-4-9-17/h2-5,7-9,11,15H,6,10,12-14H2,1H3,(H2,19,21,22). The number of benzene rings is 1. The number of para-hydroxylation sites is 1. The zero-order valence-corrected chi connectivity index (χ0v) is 13.5. The minimum Gasteiger partial charge on any atom is -0.494 e. The van der Waals surface area contributed by atoms with Gasteiger partial charge in [-0.05, 0) is 36.6 Å².